The van der Waals surface area contributed by atoms with Crippen molar-refractivity contribution in [3.63, 3.8) is 0 Å². The highest BCUT2D eigenvalue weighted by Crippen LogP contribution is 2.30. The summed E-state index contributed by atoms with van der Waals surface area (Å²) in [6.45, 7) is 9.96. The lowest BCUT2D eigenvalue weighted by atomic mass is 9.98. The maximum Gasteiger partial charge on any atom is 0.225 e. The second-order valence-corrected chi connectivity index (χ2v) is 6.71. The summed E-state index contributed by atoms with van der Waals surface area (Å²) in [5, 5.41) is 1.29. The normalized spacial score (nSPS) is 15.0. The van der Waals surface area contributed by atoms with Crippen molar-refractivity contribution < 1.29 is 4.79 Å². The lowest BCUT2D eigenvalue weighted by Crippen LogP contribution is -2.38. The molecule has 0 saturated carbocycles. The van der Waals surface area contributed by atoms with Crippen LogP contribution in [0.15, 0.2) is 18.2 Å². The molecule has 3 heteroatoms. The quantitative estimate of drug-likeness (QED) is 0.894. The third kappa shape index (κ3) is 2.45. The fourth-order valence-electron chi connectivity index (χ4n) is 3.14. The molecule has 21 heavy (non-hydrogen) atoms. The van der Waals surface area contributed by atoms with Gasteiger partial charge in [-0.3, -0.25) is 4.79 Å². The van der Waals surface area contributed by atoms with Crippen LogP contribution in [0.2, 0.25) is 0 Å². The van der Waals surface area contributed by atoms with Crippen molar-refractivity contribution in [2.24, 2.45) is 5.92 Å². The molecule has 0 saturated heterocycles. The number of carbonyl (C=O) groups excluding carboxylic acids is 1. The van der Waals surface area contributed by atoms with Gasteiger partial charge in [0.2, 0.25) is 5.91 Å². The molecule has 1 aromatic heterocycles. The van der Waals surface area contributed by atoms with Gasteiger partial charge in [0.15, 0.2) is 0 Å². The van der Waals surface area contributed by atoms with Crippen LogP contribution in [0, 0.1) is 5.92 Å². The molecule has 2 heterocycles. The molecule has 1 N–H and O–H groups in total. The summed E-state index contributed by atoms with van der Waals surface area (Å²) in [7, 11) is 0. The average molecular weight is 284 g/mol. The SMILES string of the molecule is CC(C)C(=O)N1CCc2[nH]c3ccc(C(C)C)cc3c2C1. The summed E-state index contributed by atoms with van der Waals surface area (Å²) in [6.07, 6.45) is 0.930. The van der Waals surface area contributed by atoms with Crippen LogP contribution in [0.5, 0.6) is 0 Å². The number of benzene rings is 1. The van der Waals surface area contributed by atoms with E-state index >= 15 is 0 Å². The molecule has 1 aliphatic rings. The van der Waals surface area contributed by atoms with Crippen molar-refractivity contribution in [3.8, 4) is 0 Å². The second kappa shape index (κ2) is 5.21. The number of hydrogen-bond acceptors (Lipinski definition) is 1. The fraction of sp³-hybridized carbons (Fsp3) is 0.500. The Hall–Kier alpha value is -1.77. The Bertz CT molecular complexity index is 682. The lowest BCUT2D eigenvalue weighted by molar-refractivity contribution is -0.135. The number of rotatable bonds is 2. The molecule has 0 fully saturated rings. The number of aromatic nitrogens is 1. The Morgan fingerprint density at radius 2 is 2.00 bits per heavy atom. The zero-order chi connectivity index (χ0) is 15.1. The van der Waals surface area contributed by atoms with E-state index < -0.39 is 0 Å². The maximum atomic E-state index is 12.3. The largest absolute Gasteiger partial charge is 0.358 e. The van der Waals surface area contributed by atoms with Gasteiger partial charge in [-0.05, 0) is 23.6 Å². The molecule has 1 amide bonds. The van der Waals surface area contributed by atoms with Crippen LogP contribution in [-0.2, 0) is 17.8 Å². The Balaban J connectivity index is 2.01. The van der Waals surface area contributed by atoms with Crippen LogP contribution in [-0.4, -0.2) is 22.3 Å². The number of hydrogen-bond donors (Lipinski definition) is 1. The van der Waals surface area contributed by atoms with Crippen LogP contribution >= 0.6 is 0 Å². The molecular weight excluding hydrogens is 260 g/mol. The third-order valence-electron chi connectivity index (χ3n) is 4.47. The Labute approximate surface area is 126 Å². The molecule has 0 radical (unpaired) electrons. The van der Waals surface area contributed by atoms with E-state index in [1.54, 1.807) is 0 Å². The Morgan fingerprint density at radius 3 is 2.67 bits per heavy atom. The van der Waals surface area contributed by atoms with E-state index in [-0.39, 0.29) is 11.8 Å². The van der Waals surface area contributed by atoms with Gasteiger partial charge >= 0.3 is 0 Å². The van der Waals surface area contributed by atoms with E-state index in [9.17, 15) is 4.79 Å². The first-order valence-corrected chi connectivity index (χ1v) is 7.89. The predicted molar refractivity (Wildman–Crippen MR) is 86.3 cm³/mol. The minimum absolute atomic E-state index is 0.0722. The number of fused-ring (bicyclic) bond motifs is 3. The summed E-state index contributed by atoms with van der Waals surface area (Å²) >= 11 is 0. The van der Waals surface area contributed by atoms with Crippen LogP contribution in [0.1, 0.15) is 50.4 Å². The summed E-state index contributed by atoms with van der Waals surface area (Å²) in [4.78, 5) is 17.8. The third-order valence-corrected chi connectivity index (χ3v) is 4.47. The minimum Gasteiger partial charge on any atom is -0.358 e. The van der Waals surface area contributed by atoms with E-state index in [1.807, 2.05) is 18.7 Å². The number of amides is 1. The monoisotopic (exact) mass is 284 g/mol. The van der Waals surface area contributed by atoms with E-state index in [2.05, 4.69) is 37.0 Å². The molecule has 3 nitrogen and oxygen atoms in total. The first-order chi connectivity index (χ1) is 9.97. The smallest absolute Gasteiger partial charge is 0.225 e. The van der Waals surface area contributed by atoms with E-state index in [0.717, 1.165) is 19.5 Å². The van der Waals surface area contributed by atoms with Gasteiger partial charge in [0.25, 0.3) is 0 Å². The number of carbonyl (C=O) groups is 1. The minimum atomic E-state index is 0.0722. The molecule has 1 aromatic carbocycles. The van der Waals surface area contributed by atoms with Gasteiger partial charge in [-0.2, -0.15) is 0 Å². The molecule has 112 valence electrons. The van der Waals surface area contributed by atoms with Crippen LogP contribution < -0.4 is 0 Å². The van der Waals surface area contributed by atoms with Gasteiger partial charge in [-0.15, -0.1) is 0 Å². The molecule has 1 aliphatic heterocycles. The molecule has 0 aliphatic carbocycles. The second-order valence-electron chi connectivity index (χ2n) is 6.71. The summed E-state index contributed by atoms with van der Waals surface area (Å²) in [5.74, 6) is 0.856. The van der Waals surface area contributed by atoms with Crippen LogP contribution in [0.25, 0.3) is 10.9 Å². The first kappa shape index (κ1) is 14.2. The lowest BCUT2D eigenvalue weighted by Gasteiger charge is -2.28. The van der Waals surface area contributed by atoms with Gasteiger partial charge < -0.3 is 9.88 Å². The molecule has 0 spiro atoms. The predicted octanol–water partition coefficient (Wildman–Crippen LogP) is 3.83. The van der Waals surface area contributed by atoms with Crippen molar-refractivity contribution in [3.05, 3.63) is 35.0 Å². The number of nitrogens with zero attached hydrogens (tertiary/aromatic N) is 1. The van der Waals surface area contributed by atoms with Crippen molar-refractivity contribution in [1.29, 1.82) is 0 Å². The van der Waals surface area contributed by atoms with Crippen LogP contribution in [0.4, 0.5) is 0 Å². The Morgan fingerprint density at radius 1 is 1.24 bits per heavy atom. The van der Waals surface area contributed by atoms with Crippen molar-refractivity contribution >= 4 is 16.8 Å². The van der Waals surface area contributed by atoms with E-state index in [1.165, 1.54) is 27.7 Å². The fourth-order valence-corrected chi connectivity index (χ4v) is 3.14. The zero-order valence-electron chi connectivity index (χ0n) is 13.4. The highest BCUT2D eigenvalue weighted by Gasteiger charge is 2.25. The van der Waals surface area contributed by atoms with Gasteiger partial charge in [-0.25, -0.2) is 0 Å². The highest BCUT2D eigenvalue weighted by atomic mass is 16.2. The molecule has 0 bridgehead atoms. The standard InChI is InChI=1S/C18H24N2O/c1-11(2)13-5-6-16-14(9-13)15-10-20(18(21)12(3)4)8-7-17(15)19-16/h5-6,9,11-12,19H,7-8,10H2,1-4H3. The molecule has 0 atom stereocenters. The summed E-state index contributed by atoms with van der Waals surface area (Å²) < 4.78 is 0. The van der Waals surface area contributed by atoms with Gasteiger partial charge in [0.1, 0.15) is 0 Å². The first-order valence-electron chi connectivity index (χ1n) is 7.89. The van der Waals surface area contributed by atoms with E-state index in [4.69, 9.17) is 0 Å². The number of nitrogens with one attached hydrogen (secondary N) is 1. The highest BCUT2D eigenvalue weighted by molar-refractivity contribution is 5.87. The van der Waals surface area contributed by atoms with Gasteiger partial charge in [0, 0.05) is 47.6 Å². The zero-order valence-corrected chi connectivity index (χ0v) is 13.4. The summed E-state index contributed by atoms with van der Waals surface area (Å²) in [6, 6.07) is 6.67. The summed E-state index contributed by atoms with van der Waals surface area (Å²) in [5.41, 5.74) is 5.17. The van der Waals surface area contributed by atoms with Gasteiger partial charge in [0.05, 0.1) is 0 Å². The average Bonchev–Trinajstić information content (AvgIpc) is 2.82. The number of aromatic amines is 1. The molecular formula is C18H24N2O. The van der Waals surface area contributed by atoms with E-state index in [0.29, 0.717) is 5.92 Å². The van der Waals surface area contributed by atoms with Crippen molar-refractivity contribution in [2.45, 2.75) is 46.6 Å². The maximum absolute atomic E-state index is 12.3. The van der Waals surface area contributed by atoms with Crippen molar-refractivity contribution in [1.82, 2.24) is 9.88 Å². The number of H-pyrrole nitrogens is 1. The molecule has 2 aromatic rings. The van der Waals surface area contributed by atoms with Crippen LogP contribution in [0.3, 0.4) is 0 Å². The molecule has 3 rings (SSSR count). The molecule has 0 unspecified atom stereocenters. The van der Waals surface area contributed by atoms with Crippen molar-refractivity contribution in [2.75, 3.05) is 6.54 Å². The Kier molecular flexibility index (Phi) is 3.52. The topological polar surface area (TPSA) is 36.1 Å². The van der Waals surface area contributed by atoms with Gasteiger partial charge in [-0.1, -0.05) is 33.8 Å².